The SMILES string of the molecule is C[C@H]1[C@H](c2ccccc2)OC(=O)[C@@H]2[C@H]3C(=O)N(CCCCCO)[C@H](C(=O)N(c4ccccc4Cl)C/C=C\CCC(=O)N1C)[C@]31C=C[C@H]2O1. The largest absolute Gasteiger partial charge is 0.455 e. The molecule has 4 heterocycles. The highest BCUT2D eigenvalue weighted by molar-refractivity contribution is 6.34. The first-order chi connectivity index (χ1) is 23.2. The fourth-order valence-electron chi connectivity index (χ4n) is 7.56. The van der Waals surface area contributed by atoms with Crippen LogP contribution in [-0.2, 0) is 28.7 Å². The van der Waals surface area contributed by atoms with Gasteiger partial charge in [-0.3, -0.25) is 19.2 Å². The number of aliphatic hydroxyl groups is 1. The van der Waals surface area contributed by atoms with Crippen LogP contribution in [-0.4, -0.2) is 89.1 Å². The summed E-state index contributed by atoms with van der Waals surface area (Å²) in [7, 11) is 1.70. The minimum Gasteiger partial charge on any atom is -0.455 e. The van der Waals surface area contributed by atoms with Crippen molar-refractivity contribution in [3.63, 3.8) is 0 Å². The third kappa shape index (κ3) is 6.06. The Hall–Kier alpha value is -3.99. The molecule has 3 amide bonds. The van der Waals surface area contributed by atoms with Gasteiger partial charge in [-0.05, 0) is 50.3 Å². The normalized spacial score (nSPS) is 31.4. The highest BCUT2D eigenvalue weighted by Gasteiger charge is 2.73. The molecule has 254 valence electrons. The molecule has 6 rings (SSSR count). The fraction of sp³-hybridized carbons (Fsp3) is 0.459. The Balaban J connectivity index is 1.45. The number of cyclic esters (lactones) is 1. The maximum Gasteiger partial charge on any atom is 0.313 e. The Kier molecular flexibility index (Phi) is 10.1. The number of likely N-dealkylation sites (tertiary alicyclic amines) is 1. The molecule has 4 aliphatic rings. The molecule has 2 aromatic rings. The van der Waals surface area contributed by atoms with Gasteiger partial charge in [0.15, 0.2) is 0 Å². The van der Waals surface area contributed by atoms with Crippen LogP contribution in [0.3, 0.4) is 0 Å². The zero-order chi connectivity index (χ0) is 34.0. The molecule has 0 unspecified atom stereocenters. The number of esters is 1. The molecule has 5 bridgehead atoms. The number of likely N-dealkylation sites (N-methyl/N-ethyl adjacent to an activating group) is 1. The third-order valence-corrected chi connectivity index (χ3v) is 10.5. The van der Waals surface area contributed by atoms with Crippen molar-refractivity contribution in [3.05, 3.63) is 89.5 Å². The van der Waals surface area contributed by atoms with Crippen LogP contribution in [0.15, 0.2) is 78.9 Å². The maximum absolute atomic E-state index is 14.9. The lowest BCUT2D eigenvalue weighted by Crippen LogP contribution is -2.56. The highest BCUT2D eigenvalue weighted by atomic mass is 35.5. The molecule has 11 heteroatoms. The fourth-order valence-corrected chi connectivity index (χ4v) is 7.79. The number of amides is 3. The van der Waals surface area contributed by atoms with Crippen LogP contribution in [0.2, 0.25) is 5.02 Å². The first-order valence-electron chi connectivity index (χ1n) is 16.7. The summed E-state index contributed by atoms with van der Waals surface area (Å²) in [5, 5.41) is 9.74. The summed E-state index contributed by atoms with van der Waals surface area (Å²) in [5.74, 6) is -3.46. The standard InChI is InChI=1S/C37H42ClN3O7/c1-24-32(25-14-6-3-7-15-25)47-36(46)30-28-19-20-37(48-28)31(30)34(44)41(22-12-5-13-23-42)33(37)35(45)40(27-17-10-9-16-26(27)38)21-11-4-8-18-29(43)39(24)2/h3-4,6-7,9-11,14-17,19-20,24,28,30-33,42H,5,8,12-13,18,21-23H2,1-2H3/b11-4-/t24-,28+,30-,31-,32+,33+,37-/m0/s1. The van der Waals surface area contributed by atoms with Crippen molar-refractivity contribution in [2.24, 2.45) is 11.8 Å². The highest BCUT2D eigenvalue weighted by Crippen LogP contribution is 2.56. The van der Waals surface area contributed by atoms with Gasteiger partial charge in [-0.1, -0.05) is 78.4 Å². The lowest BCUT2D eigenvalue weighted by molar-refractivity contribution is -0.164. The average Bonchev–Trinajstić information content (AvgIpc) is 3.74. The second kappa shape index (κ2) is 14.2. The van der Waals surface area contributed by atoms with E-state index in [-0.39, 0.29) is 43.8 Å². The van der Waals surface area contributed by atoms with Crippen LogP contribution in [0.4, 0.5) is 5.69 Å². The molecular formula is C37H42ClN3O7. The molecule has 0 aliphatic carbocycles. The van der Waals surface area contributed by atoms with Crippen molar-refractivity contribution >= 4 is 41.0 Å². The van der Waals surface area contributed by atoms with E-state index in [1.807, 2.05) is 49.4 Å². The van der Waals surface area contributed by atoms with Gasteiger partial charge in [0.25, 0.3) is 5.91 Å². The minimum atomic E-state index is -1.39. The molecule has 1 spiro atoms. The number of carbonyl (C=O) groups is 4. The summed E-state index contributed by atoms with van der Waals surface area (Å²) < 4.78 is 12.8. The smallest absolute Gasteiger partial charge is 0.313 e. The summed E-state index contributed by atoms with van der Waals surface area (Å²) >= 11 is 6.65. The zero-order valence-corrected chi connectivity index (χ0v) is 28.0. The molecule has 2 fully saturated rings. The molecule has 10 nitrogen and oxygen atoms in total. The van der Waals surface area contributed by atoms with E-state index >= 15 is 0 Å². The van der Waals surface area contributed by atoms with E-state index in [0.29, 0.717) is 36.4 Å². The van der Waals surface area contributed by atoms with Crippen LogP contribution in [0, 0.1) is 11.8 Å². The number of aliphatic hydroxyl groups excluding tert-OH is 1. The van der Waals surface area contributed by atoms with Crippen molar-refractivity contribution < 1.29 is 33.8 Å². The van der Waals surface area contributed by atoms with Crippen molar-refractivity contribution in [3.8, 4) is 0 Å². The molecule has 4 aliphatic heterocycles. The van der Waals surface area contributed by atoms with Gasteiger partial charge < -0.3 is 29.3 Å². The van der Waals surface area contributed by atoms with E-state index in [0.717, 1.165) is 5.56 Å². The molecular weight excluding hydrogens is 634 g/mol. The number of anilines is 1. The molecule has 0 aromatic heterocycles. The second-order valence-corrected chi connectivity index (χ2v) is 13.3. The monoisotopic (exact) mass is 675 g/mol. The number of hydrogen-bond donors (Lipinski definition) is 1. The minimum absolute atomic E-state index is 0.0265. The maximum atomic E-state index is 14.9. The Bertz CT molecular complexity index is 1600. The van der Waals surface area contributed by atoms with Crippen molar-refractivity contribution in [2.75, 3.05) is 31.6 Å². The summed E-state index contributed by atoms with van der Waals surface area (Å²) in [6, 6.07) is 14.7. The van der Waals surface area contributed by atoms with Crippen molar-refractivity contribution in [1.29, 1.82) is 0 Å². The van der Waals surface area contributed by atoms with Gasteiger partial charge in [-0.15, -0.1) is 0 Å². The predicted octanol–water partition coefficient (Wildman–Crippen LogP) is 4.47. The molecule has 0 radical (unpaired) electrons. The van der Waals surface area contributed by atoms with E-state index in [9.17, 15) is 24.3 Å². The number of hydrogen-bond acceptors (Lipinski definition) is 7. The van der Waals surface area contributed by atoms with Crippen LogP contribution < -0.4 is 4.90 Å². The van der Waals surface area contributed by atoms with Gasteiger partial charge >= 0.3 is 5.97 Å². The number of benzene rings is 2. The van der Waals surface area contributed by atoms with Gasteiger partial charge in [0.05, 0.1) is 28.8 Å². The Morgan fingerprint density at radius 3 is 2.46 bits per heavy atom. The Morgan fingerprint density at radius 1 is 0.958 bits per heavy atom. The number of carbonyl (C=O) groups excluding carboxylic acids is 4. The van der Waals surface area contributed by atoms with Crippen LogP contribution in [0.1, 0.15) is 50.7 Å². The van der Waals surface area contributed by atoms with Crippen molar-refractivity contribution in [1.82, 2.24) is 9.80 Å². The van der Waals surface area contributed by atoms with Crippen LogP contribution in [0.5, 0.6) is 0 Å². The van der Waals surface area contributed by atoms with Gasteiger partial charge in [0.2, 0.25) is 11.8 Å². The first kappa shape index (κ1) is 33.9. The number of unbranched alkanes of at least 4 members (excludes halogenated alkanes) is 2. The number of fused-ring (bicyclic) bond motifs is 2. The zero-order valence-electron chi connectivity index (χ0n) is 27.2. The first-order valence-corrected chi connectivity index (χ1v) is 17.1. The van der Waals surface area contributed by atoms with Gasteiger partial charge in [0.1, 0.15) is 23.7 Å². The van der Waals surface area contributed by atoms with Gasteiger partial charge in [-0.2, -0.15) is 0 Å². The topological polar surface area (TPSA) is 117 Å². The quantitative estimate of drug-likeness (QED) is 0.262. The number of allylic oxidation sites excluding steroid dienone is 1. The summed E-state index contributed by atoms with van der Waals surface area (Å²) in [4.78, 5) is 61.7. The molecule has 0 saturated carbocycles. The predicted molar refractivity (Wildman–Crippen MR) is 180 cm³/mol. The summed E-state index contributed by atoms with van der Waals surface area (Å²) in [6.07, 6.45) is 8.08. The lowest BCUT2D eigenvalue weighted by atomic mass is 9.74. The number of ether oxygens (including phenoxy) is 2. The van der Waals surface area contributed by atoms with Crippen LogP contribution >= 0.6 is 11.6 Å². The summed E-state index contributed by atoms with van der Waals surface area (Å²) in [5.41, 5.74) is -0.198. The number of halogens is 1. The van der Waals surface area contributed by atoms with Gasteiger partial charge in [-0.25, -0.2) is 0 Å². The van der Waals surface area contributed by atoms with Crippen molar-refractivity contribution in [2.45, 2.75) is 68.9 Å². The second-order valence-electron chi connectivity index (χ2n) is 12.9. The van der Waals surface area contributed by atoms with Gasteiger partial charge in [0, 0.05) is 33.2 Å². The molecule has 7 atom stereocenters. The van der Waals surface area contributed by atoms with E-state index < -0.39 is 47.7 Å². The Labute approximate surface area is 285 Å². The molecule has 1 N–H and O–H groups in total. The lowest BCUT2D eigenvalue weighted by Gasteiger charge is -2.36. The number of rotatable bonds is 7. The van der Waals surface area contributed by atoms with E-state index in [1.54, 1.807) is 58.2 Å². The number of nitrogens with zero attached hydrogens (tertiary/aromatic N) is 3. The van der Waals surface area contributed by atoms with E-state index in [1.165, 1.54) is 0 Å². The van der Waals surface area contributed by atoms with Crippen LogP contribution in [0.25, 0.3) is 0 Å². The third-order valence-electron chi connectivity index (χ3n) is 10.1. The molecule has 48 heavy (non-hydrogen) atoms. The molecule has 2 saturated heterocycles. The summed E-state index contributed by atoms with van der Waals surface area (Å²) in [6.45, 7) is 2.26. The van der Waals surface area contributed by atoms with E-state index in [2.05, 4.69) is 0 Å². The Morgan fingerprint density at radius 2 is 1.71 bits per heavy atom. The molecule has 2 aromatic carbocycles. The average molecular weight is 676 g/mol. The van der Waals surface area contributed by atoms with E-state index in [4.69, 9.17) is 21.1 Å². The number of para-hydroxylation sites is 1.